The summed E-state index contributed by atoms with van der Waals surface area (Å²) in [6.07, 6.45) is 6.84. The summed E-state index contributed by atoms with van der Waals surface area (Å²) in [5.74, 6) is 2.16. The molecule has 0 spiro atoms. The molecule has 0 amide bonds. The van der Waals surface area contributed by atoms with Crippen LogP contribution < -0.4 is 4.74 Å². The first-order valence-electron chi connectivity index (χ1n) is 7.89. The Bertz CT molecular complexity index is 518. The molecule has 1 aromatic rings. The van der Waals surface area contributed by atoms with E-state index in [4.69, 9.17) is 4.74 Å². The Morgan fingerprint density at radius 3 is 3.05 bits per heavy atom. The predicted octanol–water partition coefficient (Wildman–Crippen LogP) is 4.66. The second kappa shape index (κ2) is 5.48. The Kier molecular flexibility index (Phi) is 3.70. The van der Waals surface area contributed by atoms with Gasteiger partial charge >= 0.3 is 0 Å². The fourth-order valence-electron chi connectivity index (χ4n) is 4.04. The van der Waals surface area contributed by atoms with E-state index in [1.54, 1.807) is 0 Å². The monoisotopic (exact) mass is 269 g/mol. The highest BCUT2D eigenvalue weighted by atomic mass is 16.5. The summed E-state index contributed by atoms with van der Waals surface area (Å²) in [5, 5.41) is 9.77. The van der Waals surface area contributed by atoms with E-state index in [-0.39, 0.29) is 5.41 Å². The Morgan fingerprint density at radius 1 is 1.40 bits per heavy atom. The average Bonchev–Trinajstić information content (AvgIpc) is 2.90. The number of benzene rings is 1. The number of nitrogens with zero attached hydrogens (tertiary/aromatic N) is 1. The summed E-state index contributed by atoms with van der Waals surface area (Å²) in [6, 6.07) is 11.0. The fraction of sp³-hybridized carbons (Fsp3) is 0.611. The van der Waals surface area contributed by atoms with Gasteiger partial charge in [0.1, 0.15) is 5.75 Å². The lowest BCUT2D eigenvalue weighted by Gasteiger charge is -2.37. The molecule has 0 bridgehead atoms. The number of ether oxygens (including phenoxy) is 1. The molecule has 0 saturated heterocycles. The normalized spacial score (nSPS) is 32.2. The van der Waals surface area contributed by atoms with Crippen LogP contribution in [0, 0.1) is 22.7 Å². The van der Waals surface area contributed by atoms with Crippen molar-refractivity contribution in [3.05, 3.63) is 29.8 Å². The largest absolute Gasteiger partial charge is 0.493 e. The van der Waals surface area contributed by atoms with E-state index >= 15 is 0 Å². The van der Waals surface area contributed by atoms with E-state index in [2.05, 4.69) is 25.1 Å². The second-order valence-corrected chi connectivity index (χ2v) is 6.51. The molecule has 20 heavy (non-hydrogen) atoms. The molecule has 0 radical (unpaired) electrons. The van der Waals surface area contributed by atoms with Crippen molar-refractivity contribution in [1.82, 2.24) is 0 Å². The van der Waals surface area contributed by atoms with Gasteiger partial charge in [0.05, 0.1) is 18.1 Å². The van der Waals surface area contributed by atoms with Crippen molar-refractivity contribution in [2.24, 2.45) is 11.3 Å². The molecule has 2 heteroatoms. The Balaban J connectivity index is 1.78. The summed E-state index contributed by atoms with van der Waals surface area (Å²) >= 11 is 0. The van der Waals surface area contributed by atoms with E-state index in [9.17, 15) is 5.26 Å². The molecule has 1 aliphatic carbocycles. The van der Waals surface area contributed by atoms with Crippen LogP contribution in [0.2, 0.25) is 0 Å². The Morgan fingerprint density at radius 2 is 2.25 bits per heavy atom. The van der Waals surface area contributed by atoms with Crippen LogP contribution in [0.5, 0.6) is 5.75 Å². The predicted molar refractivity (Wildman–Crippen MR) is 79.6 cm³/mol. The first kappa shape index (κ1) is 13.5. The van der Waals surface area contributed by atoms with Crippen LogP contribution in [0.25, 0.3) is 0 Å². The van der Waals surface area contributed by atoms with E-state index in [0.717, 1.165) is 37.5 Å². The highest BCUT2D eigenvalue weighted by Gasteiger charge is 2.40. The van der Waals surface area contributed by atoms with Crippen LogP contribution in [0.4, 0.5) is 0 Å². The molecular weight excluding hydrogens is 246 g/mol. The van der Waals surface area contributed by atoms with E-state index in [0.29, 0.717) is 5.92 Å². The SMILES string of the molecule is CCC1CCCC(C#N)(CC2COc3ccccc32)C1. The summed E-state index contributed by atoms with van der Waals surface area (Å²) in [7, 11) is 0. The molecule has 1 aromatic carbocycles. The van der Waals surface area contributed by atoms with Gasteiger partial charge < -0.3 is 4.74 Å². The van der Waals surface area contributed by atoms with Crippen molar-refractivity contribution in [3.63, 3.8) is 0 Å². The van der Waals surface area contributed by atoms with E-state index < -0.39 is 0 Å². The topological polar surface area (TPSA) is 33.0 Å². The Hall–Kier alpha value is -1.49. The minimum Gasteiger partial charge on any atom is -0.493 e. The maximum Gasteiger partial charge on any atom is 0.122 e. The van der Waals surface area contributed by atoms with E-state index in [1.807, 2.05) is 12.1 Å². The van der Waals surface area contributed by atoms with Crippen molar-refractivity contribution >= 4 is 0 Å². The van der Waals surface area contributed by atoms with Crippen LogP contribution in [0.1, 0.15) is 56.9 Å². The maximum atomic E-state index is 9.77. The van der Waals surface area contributed by atoms with Crippen molar-refractivity contribution in [3.8, 4) is 11.8 Å². The lowest BCUT2D eigenvalue weighted by atomic mass is 9.65. The number of rotatable bonds is 3. The molecular formula is C18H23NO. The van der Waals surface area contributed by atoms with Crippen molar-refractivity contribution < 1.29 is 4.74 Å². The van der Waals surface area contributed by atoms with Gasteiger partial charge in [-0.1, -0.05) is 44.4 Å². The van der Waals surface area contributed by atoms with Gasteiger partial charge in [-0.05, 0) is 31.2 Å². The number of para-hydroxylation sites is 1. The molecule has 3 unspecified atom stereocenters. The lowest BCUT2D eigenvalue weighted by Crippen LogP contribution is -2.29. The third-order valence-corrected chi connectivity index (χ3v) is 5.20. The standard InChI is InChI=1S/C18H23NO/c1-2-14-6-5-9-18(10-14,13-19)11-15-12-20-17-8-4-3-7-16(15)17/h3-4,7-8,14-15H,2,5-6,9-12H2,1H3. The van der Waals surface area contributed by atoms with Gasteiger partial charge in [0, 0.05) is 11.5 Å². The first-order chi connectivity index (χ1) is 9.76. The minimum absolute atomic E-state index is 0.121. The third kappa shape index (κ3) is 2.42. The lowest BCUT2D eigenvalue weighted by molar-refractivity contribution is 0.164. The van der Waals surface area contributed by atoms with Crippen LogP contribution in [0.15, 0.2) is 24.3 Å². The zero-order valence-corrected chi connectivity index (χ0v) is 12.3. The number of fused-ring (bicyclic) bond motifs is 1. The summed E-state index contributed by atoms with van der Waals surface area (Å²) in [6.45, 7) is 3.01. The quantitative estimate of drug-likeness (QED) is 0.799. The zero-order chi connectivity index (χ0) is 14.0. The number of hydrogen-bond donors (Lipinski definition) is 0. The minimum atomic E-state index is -0.121. The summed E-state index contributed by atoms with van der Waals surface area (Å²) in [4.78, 5) is 0. The van der Waals surface area contributed by atoms with Crippen LogP contribution in [0.3, 0.4) is 0 Å². The van der Waals surface area contributed by atoms with Gasteiger partial charge in [0.15, 0.2) is 0 Å². The highest BCUT2D eigenvalue weighted by molar-refractivity contribution is 5.40. The molecule has 0 aromatic heterocycles. The third-order valence-electron chi connectivity index (χ3n) is 5.20. The van der Waals surface area contributed by atoms with Gasteiger partial charge in [0.25, 0.3) is 0 Å². The van der Waals surface area contributed by atoms with Crippen LogP contribution in [-0.4, -0.2) is 6.61 Å². The first-order valence-corrected chi connectivity index (χ1v) is 7.89. The van der Waals surface area contributed by atoms with Gasteiger partial charge in [-0.15, -0.1) is 0 Å². The number of nitriles is 1. The van der Waals surface area contributed by atoms with Gasteiger partial charge in [0.2, 0.25) is 0 Å². The molecule has 1 saturated carbocycles. The molecule has 1 heterocycles. The van der Waals surface area contributed by atoms with Crippen LogP contribution in [-0.2, 0) is 0 Å². The average molecular weight is 269 g/mol. The van der Waals surface area contributed by atoms with Gasteiger partial charge in [-0.25, -0.2) is 0 Å². The molecule has 2 aliphatic rings. The molecule has 2 nitrogen and oxygen atoms in total. The molecule has 1 aliphatic heterocycles. The summed E-state index contributed by atoms with van der Waals surface area (Å²) in [5.41, 5.74) is 1.19. The van der Waals surface area contributed by atoms with Crippen LogP contribution >= 0.6 is 0 Å². The van der Waals surface area contributed by atoms with Gasteiger partial charge in [-0.2, -0.15) is 5.26 Å². The van der Waals surface area contributed by atoms with Gasteiger partial charge in [-0.3, -0.25) is 0 Å². The second-order valence-electron chi connectivity index (χ2n) is 6.51. The molecule has 1 fully saturated rings. The molecule has 106 valence electrons. The van der Waals surface area contributed by atoms with Crippen molar-refractivity contribution in [2.75, 3.05) is 6.61 Å². The highest BCUT2D eigenvalue weighted by Crippen LogP contribution is 2.48. The van der Waals surface area contributed by atoms with E-state index in [1.165, 1.54) is 24.8 Å². The van der Waals surface area contributed by atoms with Crippen molar-refractivity contribution in [2.45, 2.75) is 51.4 Å². The summed E-state index contributed by atoms with van der Waals surface area (Å²) < 4.78 is 5.79. The number of hydrogen-bond acceptors (Lipinski definition) is 2. The molecule has 0 N–H and O–H groups in total. The smallest absolute Gasteiger partial charge is 0.122 e. The maximum absolute atomic E-state index is 9.77. The molecule has 3 atom stereocenters. The fourth-order valence-corrected chi connectivity index (χ4v) is 4.04. The zero-order valence-electron chi connectivity index (χ0n) is 12.3. The molecule has 3 rings (SSSR count). The van der Waals surface area contributed by atoms with Crippen molar-refractivity contribution in [1.29, 1.82) is 5.26 Å². The Labute approximate surface area is 121 Å².